The van der Waals surface area contributed by atoms with Gasteiger partial charge in [0.25, 0.3) is 33.7 Å². The van der Waals surface area contributed by atoms with Gasteiger partial charge in [0.2, 0.25) is 11.7 Å². The molecule has 336 valence electrons. The molecule has 65 heavy (non-hydrogen) atoms. The van der Waals surface area contributed by atoms with E-state index in [1.54, 1.807) is 67.4 Å². The van der Waals surface area contributed by atoms with Crippen LogP contribution in [0.4, 0.5) is 22.9 Å². The average molecular weight is 905 g/mol. The molecule has 6 aromatic rings. The minimum absolute atomic E-state index is 0.00213. The number of anilines is 3. The number of ether oxygens (including phenoxy) is 2. The van der Waals surface area contributed by atoms with E-state index in [0.29, 0.717) is 64.4 Å². The quantitative estimate of drug-likeness (QED) is 0.0758. The van der Waals surface area contributed by atoms with Crippen molar-refractivity contribution in [2.75, 3.05) is 43.3 Å². The van der Waals surface area contributed by atoms with Crippen molar-refractivity contribution in [3.8, 4) is 11.5 Å². The molecule has 0 unspecified atom stereocenters. The molecule has 0 bridgehead atoms. The number of aliphatic imine (C=N–C) groups is 1. The van der Waals surface area contributed by atoms with Crippen molar-refractivity contribution >= 4 is 79.7 Å². The van der Waals surface area contributed by atoms with Crippen molar-refractivity contribution in [1.82, 2.24) is 28.2 Å². The molecule has 1 saturated heterocycles. The van der Waals surface area contributed by atoms with Gasteiger partial charge in [-0.15, -0.1) is 0 Å². The second kappa shape index (κ2) is 17.4. The van der Waals surface area contributed by atoms with E-state index in [9.17, 15) is 32.4 Å². The fraction of sp³-hybridized carbons (Fsp3) is 0.250. The number of carbonyl (C=O) groups excluding carboxylic acids is 5. The van der Waals surface area contributed by atoms with Crippen LogP contribution in [0.5, 0.6) is 11.5 Å². The van der Waals surface area contributed by atoms with E-state index in [-0.39, 0.29) is 58.8 Å². The average Bonchev–Trinajstić information content (AvgIpc) is 4.10. The van der Waals surface area contributed by atoms with E-state index in [2.05, 4.69) is 36.7 Å². The van der Waals surface area contributed by atoms with Crippen LogP contribution >= 0.6 is 0 Å². The zero-order valence-corrected chi connectivity index (χ0v) is 36.8. The second-order valence-electron chi connectivity index (χ2n) is 15.5. The van der Waals surface area contributed by atoms with Crippen LogP contribution in [0, 0.1) is 0 Å². The van der Waals surface area contributed by atoms with E-state index in [4.69, 9.17) is 9.47 Å². The maximum atomic E-state index is 13.6. The standard InChI is InChI=1S/C44H44N10O10S/c1-25-14-29-20-45-32-19-37(36(62-5)18-31(32)43(58)54(29)21-25)64-13-7-8-39(55)48-38-24-52(4)40(49-38)42(57)47-27-16-34(50(2)22-27)41(56)46-28-17-35(51(3)23-28)44(59)53-12-11-26-15-30(9-10-33(26)53)65(60,61)63-6/h9-12,15-20,22-24,29H,1,7-8,13-14,21H2,2-6H3,(H,46,56)(H,47,57)(H,48,55)/t29-/m0/s1. The maximum absolute atomic E-state index is 13.6. The van der Waals surface area contributed by atoms with Crippen molar-refractivity contribution in [1.29, 1.82) is 0 Å². The minimum Gasteiger partial charge on any atom is -0.493 e. The van der Waals surface area contributed by atoms with Gasteiger partial charge >= 0.3 is 0 Å². The fourth-order valence-corrected chi connectivity index (χ4v) is 8.42. The van der Waals surface area contributed by atoms with Crippen LogP contribution in [0.15, 0.2) is 95.4 Å². The number of amides is 4. The van der Waals surface area contributed by atoms with Gasteiger partial charge in [0.1, 0.15) is 11.4 Å². The van der Waals surface area contributed by atoms with Crippen molar-refractivity contribution in [3.05, 3.63) is 108 Å². The first-order valence-electron chi connectivity index (χ1n) is 20.1. The third-order valence-electron chi connectivity index (χ3n) is 11.0. The highest BCUT2D eigenvalue weighted by molar-refractivity contribution is 7.86. The zero-order valence-electron chi connectivity index (χ0n) is 35.9. The fourth-order valence-electron chi connectivity index (χ4n) is 7.72. The van der Waals surface area contributed by atoms with Crippen LogP contribution in [0.2, 0.25) is 0 Å². The van der Waals surface area contributed by atoms with Gasteiger partial charge in [-0.2, -0.15) is 8.42 Å². The number of nitrogens with one attached hydrogen (secondary N) is 3. The van der Waals surface area contributed by atoms with Gasteiger partial charge in [-0.25, -0.2) is 4.98 Å². The Balaban J connectivity index is 0.839. The van der Waals surface area contributed by atoms with Gasteiger partial charge in [0, 0.05) is 76.6 Å². The molecule has 1 fully saturated rings. The number of aromatic nitrogens is 5. The number of benzene rings is 2. The molecule has 21 heteroatoms. The normalized spacial score (nSPS) is 14.5. The topological polar surface area (TPSA) is 231 Å². The predicted octanol–water partition coefficient (Wildman–Crippen LogP) is 4.87. The highest BCUT2D eigenvalue weighted by Gasteiger charge is 2.34. The number of imidazole rings is 1. The Morgan fingerprint density at radius 2 is 1.58 bits per heavy atom. The molecule has 0 radical (unpaired) electrons. The Hall–Kier alpha value is -7.78. The van der Waals surface area contributed by atoms with Gasteiger partial charge in [-0.3, -0.25) is 37.7 Å². The summed E-state index contributed by atoms with van der Waals surface area (Å²) in [6.07, 6.45) is 8.98. The third kappa shape index (κ3) is 8.78. The Labute approximate surface area is 372 Å². The largest absolute Gasteiger partial charge is 0.493 e. The summed E-state index contributed by atoms with van der Waals surface area (Å²) in [6, 6.07) is 12.0. The molecule has 3 N–H and O–H groups in total. The number of carbonyl (C=O) groups is 5. The summed E-state index contributed by atoms with van der Waals surface area (Å²) in [7, 11) is 3.51. The maximum Gasteiger partial charge on any atom is 0.296 e. The number of fused-ring (bicyclic) bond motifs is 3. The van der Waals surface area contributed by atoms with Crippen molar-refractivity contribution in [2.45, 2.75) is 30.2 Å². The molecule has 8 rings (SSSR count). The SMILES string of the molecule is C=C1C[C@H]2C=Nc3cc(OCCCC(=O)Nc4cn(C)c(C(=O)Nc5cc(C(=O)Nc6cc(C(=O)n7ccc8cc(S(=O)(=O)OC)ccc87)n(C)c6)n(C)c5)n4)c(OC)cc3C(=O)N2C1. The molecule has 6 heterocycles. The molecular weight excluding hydrogens is 861 g/mol. The molecule has 2 aromatic carbocycles. The van der Waals surface area contributed by atoms with Gasteiger partial charge < -0.3 is 44.0 Å². The summed E-state index contributed by atoms with van der Waals surface area (Å²) >= 11 is 0. The lowest BCUT2D eigenvalue weighted by Gasteiger charge is -2.20. The number of nitrogens with zero attached hydrogens (tertiary/aromatic N) is 7. The third-order valence-corrected chi connectivity index (χ3v) is 12.2. The molecule has 0 aliphatic carbocycles. The molecule has 2 aliphatic rings. The highest BCUT2D eigenvalue weighted by Crippen LogP contribution is 2.38. The molecule has 0 saturated carbocycles. The van der Waals surface area contributed by atoms with Crippen LogP contribution in [-0.4, -0.2) is 106 Å². The van der Waals surface area contributed by atoms with Gasteiger partial charge in [0.15, 0.2) is 17.3 Å². The molecule has 20 nitrogen and oxygen atoms in total. The summed E-state index contributed by atoms with van der Waals surface area (Å²) < 4.78 is 46.3. The van der Waals surface area contributed by atoms with Crippen molar-refractivity contribution in [3.63, 3.8) is 0 Å². The van der Waals surface area contributed by atoms with Crippen molar-refractivity contribution in [2.24, 2.45) is 26.1 Å². The highest BCUT2D eigenvalue weighted by atomic mass is 32.2. The van der Waals surface area contributed by atoms with E-state index in [1.165, 1.54) is 63.5 Å². The number of hydrogen-bond donors (Lipinski definition) is 3. The summed E-state index contributed by atoms with van der Waals surface area (Å²) in [6.45, 7) is 4.65. The monoisotopic (exact) mass is 904 g/mol. The van der Waals surface area contributed by atoms with Gasteiger partial charge in [0.05, 0.1) is 59.9 Å². The number of hydrogen-bond acceptors (Lipinski definition) is 12. The van der Waals surface area contributed by atoms with Gasteiger partial charge in [-0.1, -0.05) is 12.2 Å². The summed E-state index contributed by atoms with van der Waals surface area (Å²) in [5.41, 5.74) is 3.40. The zero-order chi connectivity index (χ0) is 46.3. The lowest BCUT2D eigenvalue weighted by molar-refractivity contribution is -0.116. The summed E-state index contributed by atoms with van der Waals surface area (Å²) in [5.74, 6) is -1.12. The first kappa shape index (κ1) is 43.9. The smallest absolute Gasteiger partial charge is 0.296 e. The molecule has 1 atom stereocenters. The Morgan fingerprint density at radius 1 is 0.862 bits per heavy atom. The second-order valence-corrected chi connectivity index (χ2v) is 17.2. The van der Waals surface area contributed by atoms with E-state index >= 15 is 0 Å². The Kier molecular flexibility index (Phi) is 11.7. The lowest BCUT2D eigenvalue weighted by Crippen LogP contribution is -2.35. The van der Waals surface area contributed by atoms with E-state index in [0.717, 1.165) is 12.7 Å². The molecule has 4 aromatic heterocycles. The first-order chi connectivity index (χ1) is 31.0. The lowest BCUT2D eigenvalue weighted by atomic mass is 10.1. The molecule has 0 spiro atoms. The van der Waals surface area contributed by atoms with Crippen LogP contribution in [-0.2, 0) is 40.2 Å². The van der Waals surface area contributed by atoms with E-state index in [1.807, 2.05) is 0 Å². The molecule has 2 aliphatic heterocycles. The summed E-state index contributed by atoms with van der Waals surface area (Å²) in [4.78, 5) is 77.0. The number of methoxy groups -OCH3 is 1. The Morgan fingerprint density at radius 3 is 2.32 bits per heavy atom. The molecular formula is C44H44N10O10S. The van der Waals surface area contributed by atoms with Gasteiger partial charge in [-0.05, 0) is 55.3 Å². The molecule has 4 amide bonds. The van der Waals surface area contributed by atoms with Crippen LogP contribution in [0.1, 0.15) is 61.2 Å². The van der Waals surface area contributed by atoms with Crippen LogP contribution < -0.4 is 25.4 Å². The van der Waals surface area contributed by atoms with E-state index < -0.39 is 27.8 Å². The first-order valence-corrected chi connectivity index (χ1v) is 21.6. The summed E-state index contributed by atoms with van der Waals surface area (Å²) in [5, 5.41) is 8.74. The minimum atomic E-state index is -3.92. The van der Waals surface area contributed by atoms with Crippen LogP contribution in [0.25, 0.3) is 10.9 Å². The number of aryl methyl sites for hydroxylation is 3. The van der Waals surface area contributed by atoms with Crippen LogP contribution in [0.3, 0.4) is 0 Å². The number of rotatable bonds is 14. The Bertz CT molecular complexity index is 3100. The van der Waals surface area contributed by atoms with Crippen molar-refractivity contribution < 1.29 is 46.0 Å². The predicted molar refractivity (Wildman–Crippen MR) is 239 cm³/mol.